The van der Waals surface area contributed by atoms with Gasteiger partial charge in [0.05, 0.1) is 0 Å². The van der Waals surface area contributed by atoms with Crippen LogP contribution >= 0.6 is 27.3 Å². The molecule has 1 aromatic carbocycles. The Hall–Kier alpha value is -2.13. The van der Waals surface area contributed by atoms with Crippen LogP contribution in [-0.4, -0.2) is 39.5 Å². The number of halogens is 2. The molecule has 6 nitrogen and oxygen atoms in total. The zero-order valence-electron chi connectivity index (χ0n) is 13.8. The van der Waals surface area contributed by atoms with Crippen LogP contribution < -0.4 is 10.2 Å². The first-order valence-corrected chi connectivity index (χ1v) is 9.88. The van der Waals surface area contributed by atoms with Crippen LogP contribution in [0, 0.1) is 5.82 Å². The van der Waals surface area contributed by atoms with Gasteiger partial charge >= 0.3 is 0 Å². The average Bonchev–Trinajstić information content (AvgIpc) is 3.15. The van der Waals surface area contributed by atoms with Crippen molar-refractivity contribution in [3.05, 3.63) is 46.8 Å². The van der Waals surface area contributed by atoms with Crippen molar-refractivity contribution in [1.29, 1.82) is 0 Å². The summed E-state index contributed by atoms with van der Waals surface area (Å²) in [6, 6.07) is 8.99. The van der Waals surface area contributed by atoms with Crippen LogP contribution in [0.4, 0.5) is 15.3 Å². The highest BCUT2D eigenvalue weighted by atomic mass is 79.9. The first-order valence-electron chi connectivity index (χ1n) is 8.27. The number of nitrogens with one attached hydrogen (secondary N) is 1. The van der Waals surface area contributed by atoms with Crippen LogP contribution in [0.5, 0.6) is 0 Å². The largest absolute Gasteiger partial charge is 0.366 e. The van der Waals surface area contributed by atoms with E-state index in [1.165, 1.54) is 17.4 Å². The molecule has 26 heavy (non-hydrogen) atoms. The van der Waals surface area contributed by atoms with Gasteiger partial charge in [0.2, 0.25) is 5.13 Å². The van der Waals surface area contributed by atoms with Gasteiger partial charge in [-0.2, -0.15) is 5.10 Å². The number of piperidine rings is 1. The topological polar surface area (TPSA) is 66.8 Å². The van der Waals surface area contributed by atoms with Gasteiger partial charge in [-0.3, -0.25) is 0 Å². The number of anilines is 2. The van der Waals surface area contributed by atoms with E-state index in [-0.39, 0.29) is 5.82 Å². The smallest absolute Gasteiger partial charge is 0.208 e. The Kier molecular flexibility index (Phi) is 5.07. The minimum absolute atomic E-state index is 0.289. The zero-order chi connectivity index (χ0) is 17.9. The van der Waals surface area contributed by atoms with E-state index in [0.29, 0.717) is 16.6 Å². The van der Waals surface area contributed by atoms with Crippen LogP contribution in [0.15, 0.2) is 41.0 Å². The van der Waals surface area contributed by atoms with Gasteiger partial charge in [-0.1, -0.05) is 27.3 Å². The highest BCUT2D eigenvalue weighted by molar-refractivity contribution is 9.10. The molecule has 134 valence electrons. The molecule has 4 rings (SSSR count). The van der Waals surface area contributed by atoms with Crippen molar-refractivity contribution in [2.45, 2.75) is 18.9 Å². The molecule has 1 aliphatic heterocycles. The predicted molar refractivity (Wildman–Crippen MR) is 104 cm³/mol. The molecule has 0 atom stereocenters. The molecule has 3 aromatic rings. The summed E-state index contributed by atoms with van der Waals surface area (Å²) < 4.78 is 14.9. The molecule has 0 spiro atoms. The van der Waals surface area contributed by atoms with Crippen LogP contribution in [0.25, 0.3) is 10.6 Å². The van der Waals surface area contributed by atoms with E-state index >= 15 is 0 Å². The fourth-order valence-electron chi connectivity index (χ4n) is 2.92. The van der Waals surface area contributed by atoms with E-state index in [1.807, 2.05) is 12.1 Å². The van der Waals surface area contributed by atoms with E-state index in [9.17, 15) is 4.39 Å². The Balaban J connectivity index is 1.41. The molecule has 1 saturated heterocycles. The monoisotopic (exact) mass is 434 g/mol. The summed E-state index contributed by atoms with van der Waals surface area (Å²) in [5, 5.41) is 21.2. The number of rotatable bonds is 4. The van der Waals surface area contributed by atoms with Crippen molar-refractivity contribution < 1.29 is 4.39 Å². The van der Waals surface area contributed by atoms with Crippen LogP contribution in [0.2, 0.25) is 0 Å². The second-order valence-corrected chi connectivity index (χ2v) is 7.90. The number of nitrogens with zero attached hydrogens (tertiary/aromatic N) is 5. The highest BCUT2D eigenvalue weighted by Crippen LogP contribution is 2.33. The van der Waals surface area contributed by atoms with E-state index in [4.69, 9.17) is 0 Å². The molecule has 2 aromatic heterocycles. The van der Waals surface area contributed by atoms with Crippen LogP contribution in [0.1, 0.15) is 12.8 Å². The maximum absolute atomic E-state index is 14.1. The molecule has 9 heteroatoms. The Morgan fingerprint density at radius 1 is 1.15 bits per heavy atom. The van der Waals surface area contributed by atoms with Gasteiger partial charge in [0, 0.05) is 35.4 Å². The Morgan fingerprint density at radius 3 is 2.77 bits per heavy atom. The summed E-state index contributed by atoms with van der Waals surface area (Å²) in [7, 11) is 0. The van der Waals surface area contributed by atoms with Gasteiger partial charge in [-0.25, -0.2) is 4.39 Å². The molecule has 0 amide bonds. The fraction of sp³-hybridized carbons (Fsp3) is 0.294. The summed E-state index contributed by atoms with van der Waals surface area (Å²) >= 11 is 4.79. The Bertz CT molecular complexity index is 882. The minimum Gasteiger partial charge on any atom is -0.366 e. The number of hydrogen-bond donors (Lipinski definition) is 1. The average molecular weight is 435 g/mol. The lowest BCUT2D eigenvalue weighted by Gasteiger charge is -2.31. The third-order valence-corrected chi connectivity index (χ3v) is 5.77. The van der Waals surface area contributed by atoms with Gasteiger partial charge in [0.1, 0.15) is 11.6 Å². The molecule has 1 N–H and O–H groups in total. The van der Waals surface area contributed by atoms with E-state index in [2.05, 4.69) is 46.5 Å². The normalized spacial score (nSPS) is 15.2. The predicted octanol–water partition coefficient (Wildman–Crippen LogP) is 3.98. The molecule has 0 aliphatic carbocycles. The molecule has 0 saturated carbocycles. The van der Waals surface area contributed by atoms with Crippen molar-refractivity contribution in [2.24, 2.45) is 0 Å². The quantitative estimate of drug-likeness (QED) is 0.669. The van der Waals surface area contributed by atoms with Crippen LogP contribution in [-0.2, 0) is 0 Å². The standard InChI is InChI=1S/C17H16BrFN6S/c18-11-3-4-14(19)13(10-11)16-23-24-17(26-16)25-8-5-12(6-9-25)21-15-2-1-7-20-22-15/h1-4,7,10,12H,5-6,8-9H2,(H,21,22). The summed E-state index contributed by atoms with van der Waals surface area (Å²) in [6.45, 7) is 1.74. The van der Waals surface area contributed by atoms with E-state index in [0.717, 1.165) is 41.4 Å². The first kappa shape index (κ1) is 17.3. The molecular weight excluding hydrogens is 419 g/mol. The lowest BCUT2D eigenvalue weighted by atomic mass is 10.1. The van der Waals surface area contributed by atoms with Crippen LogP contribution in [0.3, 0.4) is 0 Å². The van der Waals surface area contributed by atoms with Gasteiger partial charge in [-0.15, -0.1) is 15.3 Å². The summed E-state index contributed by atoms with van der Waals surface area (Å²) in [6.07, 6.45) is 3.60. The van der Waals surface area contributed by atoms with Crippen molar-refractivity contribution in [3.63, 3.8) is 0 Å². The molecule has 1 aliphatic rings. The summed E-state index contributed by atoms with van der Waals surface area (Å²) in [5.41, 5.74) is 0.474. The van der Waals surface area contributed by atoms with Gasteiger partial charge in [0.15, 0.2) is 5.01 Å². The molecule has 0 radical (unpaired) electrons. The second-order valence-electron chi connectivity index (χ2n) is 6.03. The van der Waals surface area contributed by atoms with Crippen molar-refractivity contribution in [1.82, 2.24) is 20.4 Å². The molecule has 3 heterocycles. The minimum atomic E-state index is -0.289. The van der Waals surface area contributed by atoms with Crippen molar-refractivity contribution in [3.8, 4) is 10.6 Å². The molecular formula is C17H16BrFN6S. The molecule has 0 unspecified atom stereocenters. The Morgan fingerprint density at radius 2 is 2.00 bits per heavy atom. The third-order valence-electron chi connectivity index (χ3n) is 4.26. The highest BCUT2D eigenvalue weighted by Gasteiger charge is 2.23. The summed E-state index contributed by atoms with van der Waals surface area (Å²) in [4.78, 5) is 2.20. The van der Waals surface area contributed by atoms with Gasteiger partial charge < -0.3 is 10.2 Å². The second kappa shape index (κ2) is 7.63. The fourth-order valence-corrected chi connectivity index (χ4v) is 4.19. The zero-order valence-corrected chi connectivity index (χ0v) is 16.2. The number of hydrogen-bond acceptors (Lipinski definition) is 7. The van der Waals surface area contributed by atoms with E-state index < -0.39 is 0 Å². The number of aromatic nitrogens is 4. The molecule has 1 fully saturated rings. The lowest BCUT2D eigenvalue weighted by molar-refractivity contribution is 0.523. The van der Waals surface area contributed by atoms with Crippen molar-refractivity contribution >= 4 is 38.2 Å². The molecule has 0 bridgehead atoms. The van der Waals surface area contributed by atoms with E-state index in [1.54, 1.807) is 18.3 Å². The maximum Gasteiger partial charge on any atom is 0.208 e. The lowest BCUT2D eigenvalue weighted by Crippen LogP contribution is -2.39. The summed E-state index contributed by atoms with van der Waals surface area (Å²) in [5.74, 6) is 0.511. The Labute approximate surface area is 162 Å². The number of benzene rings is 1. The van der Waals surface area contributed by atoms with Gasteiger partial charge in [-0.05, 0) is 43.2 Å². The van der Waals surface area contributed by atoms with Crippen molar-refractivity contribution in [2.75, 3.05) is 23.3 Å². The maximum atomic E-state index is 14.1. The third kappa shape index (κ3) is 3.83. The van der Waals surface area contributed by atoms with Gasteiger partial charge in [0.25, 0.3) is 0 Å². The SMILES string of the molecule is Fc1ccc(Br)cc1-c1nnc(N2CCC(Nc3cccnn3)CC2)s1. The first-order chi connectivity index (χ1) is 12.7.